The quantitative estimate of drug-likeness (QED) is 0.213. The first-order valence-electron chi connectivity index (χ1n) is 12.6. The van der Waals surface area contributed by atoms with Crippen molar-refractivity contribution in [2.75, 3.05) is 12.4 Å². The molecule has 4 aromatic carbocycles. The van der Waals surface area contributed by atoms with E-state index in [1.54, 1.807) is 7.11 Å². The van der Waals surface area contributed by atoms with Crippen molar-refractivity contribution in [3.05, 3.63) is 115 Å². The Bertz CT molecular complexity index is 1270. The van der Waals surface area contributed by atoms with E-state index in [0.717, 1.165) is 23.4 Å². The largest absolute Gasteiger partial charge is 0.497 e. The normalized spacial score (nSPS) is 12.9. The molecule has 0 aliphatic carbocycles. The summed E-state index contributed by atoms with van der Waals surface area (Å²) in [5.41, 5.74) is 1.76. The van der Waals surface area contributed by atoms with Crippen molar-refractivity contribution in [2.45, 2.75) is 26.3 Å². The van der Waals surface area contributed by atoms with Crippen LogP contribution in [0.5, 0.6) is 5.75 Å². The van der Waals surface area contributed by atoms with E-state index < -0.39 is 14.0 Å². The van der Waals surface area contributed by atoms with Gasteiger partial charge in [0.25, 0.3) is 0 Å². The SMILES string of the molecule is CC[C@H](C)[C@H](N=Cc1ccccc1P(c1ccccc1)c1ccccc1)C(=O)Nc1ccc(OC)cc1. The minimum atomic E-state index is -0.780. The molecule has 0 fully saturated rings. The standard InChI is InChI=1S/C32H33N2O2P/c1-4-24(2)31(32(35)34-26-19-21-27(36-3)22-20-26)33-23-25-13-11-12-18-30(25)37(28-14-7-5-8-15-28)29-16-9-6-10-17-29/h5-24,31H,4H2,1-3H3,(H,34,35)/t24-,31-/m0/s1. The number of nitrogens with one attached hydrogen (secondary N) is 1. The van der Waals surface area contributed by atoms with Gasteiger partial charge in [0.15, 0.2) is 0 Å². The first-order chi connectivity index (χ1) is 18.1. The van der Waals surface area contributed by atoms with E-state index in [-0.39, 0.29) is 11.8 Å². The first kappa shape index (κ1) is 26.3. The number of hydrogen-bond acceptors (Lipinski definition) is 3. The van der Waals surface area contributed by atoms with Gasteiger partial charge in [-0.05, 0) is 54.0 Å². The van der Waals surface area contributed by atoms with Crippen LogP contribution in [0.2, 0.25) is 0 Å². The van der Waals surface area contributed by atoms with Gasteiger partial charge in [-0.3, -0.25) is 9.79 Å². The molecule has 0 bridgehead atoms. The van der Waals surface area contributed by atoms with Crippen LogP contribution < -0.4 is 26.0 Å². The summed E-state index contributed by atoms with van der Waals surface area (Å²) in [7, 11) is 0.845. The van der Waals surface area contributed by atoms with E-state index in [9.17, 15) is 4.79 Å². The molecular formula is C32H33N2O2P. The Labute approximate surface area is 221 Å². The second-order valence-electron chi connectivity index (χ2n) is 8.89. The molecule has 0 radical (unpaired) electrons. The predicted octanol–water partition coefficient (Wildman–Crippen LogP) is 5.93. The minimum Gasteiger partial charge on any atom is -0.497 e. The maximum Gasteiger partial charge on any atom is 0.249 e. The molecule has 0 heterocycles. The molecule has 0 aliphatic rings. The van der Waals surface area contributed by atoms with Crippen molar-refractivity contribution in [2.24, 2.45) is 10.9 Å². The summed E-state index contributed by atoms with van der Waals surface area (Å²) < 4.78 is 5.22. The third-order valence-electron chi connectivity index (χ3n) is 6.39. The van der Waals surface area contributed by atoms with Gasteiger partial charge < -0.3 is 10.1 Å². The molecule has 0 saturated heterocycles. The van der Waals surface area contributed by atoms with E-state index in [2.05, 4.69) is 85.9 Å². The summed E-state index contributed by atoms with van der Waals surface area (Å²) in [6.45, 7) is 4.16. The predicted molar refractivity (Wildman–Crippen MR) is 158 cm³/mol. The number of amides is 1. The van der Waals surface area contributed by atoms with Crippen LogP contribution in [0.15, 0.2) is 114 Å². The van der Waals surface area contributed by atoms with E-state index in [1.165, 1.54) is 15.9 Å². The van der Waals surface area contributed by atoms with Gasteiger partial charge in [0.05, 0.1) is 7.11 Å². The molecule has 0 aromatic heterocycles. The van der Waals surface area contributed by atoms with E-state index in [1.807, 2.05) is 48.7 Å². The Balaban J connectivity index is 1.66. The van der Waals surface area contributed by atoms with Gasteiger partial charge in [-0.2, -0.15) is 0 Å². The summed E-state index contributed by atoms with van der Waals surface area (Å²) in [6, 6.07) is 36.5. The topological polar surface area (TPSA) is 50.7 Å². The Kier molecular flexibility index (Phi) is 9.24. The lowest BCUT2D eigenvalue weighted by Crippen LogP contribution is -2.32. The highest BCUT2D eigenvalue weighted by molar-refractivity contribution is 7.80. The van der Waals surface area contributed by atoms with Crippen LogP contribution in [-0.4, -0.2) is 25.3 Å². The third-order valence-corrected chi connectivity index (χ3v) is 8.91. The molecule has 1 amide bonds. The molecule has 0 aliphatic heterocycles. The van der Waals surface area contributed by atoms with E-state index in [0.29, 0.717) is 0 Å². The molecule has 4 rings (SSSR count). The number of benzene rings is 4. The lowest BCUT2D eigenvalue weighted by Gasteiger charge is -2.22. The molecule has 5 heteroatoms. The maximum atomic E-state index is 13.3. The van der Waals surface area contributed by atoms with Crippen LogP contribution in [-0.2, 0) is 4.79 Å². The van der Waals surface area contributed by atoms with Gasteiger partial charge in [-0.15, -0.1) is 0 Å². The average molecular weight is 509 g/mol. The van der Waals surface area contributed by atoms with Crippen LogP contribution in [0.25, 0.3) is 0 Å². The van der Waals surface area contributed by atoms with Crippen molar-refractivity contribution >= 4 is 41.6 Å². The van der Waals surface area contributed by atoms with E-state index >= 15 is 0 Å². The van der Waals surface area contributed by atoms with Crippen LogP contribution in [0.3, 0.4) is 0 Å². The number of rotatable bonds is 10. The second kappa shape index (κ2) is 13.0. The van der Waals surface area contributed by atoms with Crippen LogP contribution in [0.1, 0.15) is 25.8 Å². The lowest BCUT2D eigenvalue weighted by molar-refractivity contribution is -0.118. The molecule has 37 heavy (non-hydrogen) atoms. The highest BCUT2D eigenvalue weighted by atomic mass is 31.1. The zero-order valence-corrected chi connectivity index (χ0v) is 22.4. The highest BCUT2D eigenvalue weighted by Crippen LogP contribution is 2.33. The van der Waals surface area contributed by atoms with Gasteiger partial charge >= 0.3 is 0 Å². The molecule has 4 nitrogen and oxygen atoms in total. The monoisotopic (exact) mass is 508 g/mol. The number of aliphatic imine (C=N–C) groups is 1. The van der Waals surface area contributed by atoms with Gasteiger partial charge in [0.1, 0.15) is 11.8 Å². The Morgan fingerprint density at radius 1 is 0.865 bits per heavy atom. The number of hydrogen-bond donors (Lipinski definition) is 1. The zero-order chi connectivity index (χ0) is 26.0. The number of ether oxygens (including phenoxy) is 1. The fourth-order valence-electron chi connectivity index (χ4n) is 4.13. The first-order valence-corrected chi connectivity index (χ1v) is 13.9. The summed E-state index contributed by atoms with van der Waals surface area (Å²) in [6.07, 6.45) is 2.74. The van der Waals surface area contributed by atoms with Crippen molar-refractivity contribution in [3.8, 4) is 5.75 Å². The van der Waals surface area contributed by atoms with Crippen LogP contribution in [0.4, 0.5) is 5.69 Å². The number of carbonyl (C=O) groups excluding carboxylic acids is 1. The molecule has 0 saturated carbocycles. The van der Waals surface area contributed by atoms with Crippen molar-refractivity contribution in [1.29, 1.82) is 0 Å². The van der Waals surface area contributed by atoms with Gasteiger partial charge in [0, 0.05) is 17.5 Å². The fraction of sp³-hybridized carbons (Fsp3) is 0.188. The Hall–Kier alpha value is -3.75. The Morgan fingerprint density at radius 3 is 2.00 bits per heavy atom. The Morgan fingerprint density at radius 2 is 1.43 bits per heavy atom. The van der Waals surface area contributed by atoms with E-state index in [4.69, 9.17) is 9.73 Å². The molecule has 0 spiro atoms. The smallest absolute Gasteiger partial charge is 0.249 e. The van der Waals surface area contributed by atoms with Crippen LogP contribution in [0, 0.1) is 5.92 Å². The summed E-state index contributed by atoms with van der Waals surface area (Å²) in [5.74, 6) is 0.729. The highest BCUT2D eigenvalue weighted by Gasteiger charge is 2.24. The van der Waals surface area contributed by atoms with Crippen molar-refractivity contribution in [3.63, 3.8) is 0 Å². The molecule has 0 unspecified atom stereocenters. The van der Waals surface area contributed by atoms with Gasteiger partial charge in [-0.25, -0.2) is 0 Å². The lowest BCUT2D eigenvalue weighted by atomic mass is 9.98. The summed E-state index contributed by atoms with van der Waals surface area (Å²) >= 11 is 0. The number of anilines is 1. The number of nitrogens with zero attached hydrogens (tertiary/aromatic N) is 1. The number of methoxy groups -OCH3 is 1. The fourth-order valence-corrected chi connectivity index (χ4v) is 6.55. The molecule has 4 aromatic rings. The summed E-state index contributed by atoms with van der Waals surface area (Å²) in [5, 5.41) is 6.81. The maximum absolute atomic E-state index is 13.3. The van der Waals surface area contributed by atoms with Crippen LogP contribution >= 0.6 is 7.92 Å². The molecule has 1 N–H and O–H groups in total. The average Bonchev–Trinajstić information content (AvgIpc) is 2.95. The summed E-state index contributed by atoms with van der Waals surface area (Å²) in [4.78, 5) is 18.2. The van der Waals surface area contributed by atoms with Gasteiger partial charge in [0.2, 0.25) is 5.91 Å². The number of carbonyl (C=O) groups is 1. The third kappa shape index (κ3) is 6.72. The van der Waals surface area contributed by atoms with Crippen molar-refractivity contribution in [1.82, 2.24) is 0 Å². The minimum absolute atomic E-state index is 0.0893. The second-order valence-corrected chi connectivity index (χ2v) is 11.1. The van der Waals surface area contributed by atoms with Gasteiger partial charge in [-0.1, -0.05) is 105 Å². The van der Waals surface area contributed by atoms with Crippen molar-refractivity contribution < 1.29 is 9.53 Å². The molecule has 2 atom stereocenters. The molecular weight excluding hydrogens is 475 g/mol. The molecule has 188 valence electrons. The zero-order valence-electron chi connectivity index (χ0n) is 21.5.